The number of fused-ring (bicyclic) bond motifs is 2. The topological polar surface area (TPSA) is 49.4 Å². The van der Waals surface area contributed by atoms with Crippen LogP contribution in [-0.2, 0) is 11.3 Å². The van der Waals surface area contributed by atoms with Crippen LogP contribution in [-0.4, -0.2) is 33.5 Å². The van der Waals surface area contributed by atoms with Crippen molar-refractivity contribution in [3.63, 3.8) is 0 Å². The predicted molar refractivity (Wildman–Crippen MR) is 134 cm³/mol. The SMILES string of the molecule is O=C1c2ccccc2S[C@H]2CCCC[C@@]2(C(=O)NC2CCCCC2)N1Cc1ccc(Cl)cc1. The van der Waals surface area contributed by atoms with Crippen LogP contribution in [0.3, 0.4) is 0 Å². The molecule has 2 amide bonds. The fourth-order valence-electron chi connectivity index (χ4n) is 5.74. The molecule has 1 aliphatic heterocycles. The Kier molecular flexibility index (Phi) is 6.71. The number of carbonyl (C=O) groups excluding carboxylic acids is 2. The first-order chi connectivity index (χ1) is 16.1. The quantitative estimate of drug-likeness (QED) is 0.562. The van der Waals surface area contributed by atoms with E-state index in [1.54, 1.807) is 11.8 Å². The Labute approximate surface area is 205 Å². The molecule has 2 saturated carbocycles. The molecule has 2 fully saturated rings. The van der Waals surface area contributed by atoms with E-state index in [1.807, 2.05) is 53.4 Å². The summed E-state index contributed by atoms with van der Waals surface area (Å²) < 4.78 is 0. The standard InChI is InChI=1S/C27H31ClN2O2S/c28-20-15-13-19(14-16-20)18-30-25(31)22-10-4-5-11-23(22)33-24-12-6-7-17-27(24,30)26(32)29-21-8-2-1-3-9-21/h4-5,10-11,13-16,21,24H,1-3,6-9,12,17-18H2,(H,29,32)/t24-,27+/m0/s1. The van der Waals surface area contributed by atoms with Crippen molar-refractivity contribution in [1.82, 2.24) is 10.2 Å². The molecule has 1 N–H and O–H groups in total. The molecular weight excluding hydrogens is 452 g/mol. The first-order valence-electron chi connectivity index (χ1n) is 12.2. The van der Waals surface area contributed by atoms with Crippen LogP contribution >= 0.6 is 23.4 Å². The highest BCUT2D eigenvalue weighted by atomic mass is 35.5. The van der Waals surface area contributed by atoms with Crippen molar-refractivity contribution in [3.05, 3.63) is 64.7 Å². The summed E-state index contributed by atoms with van der Waals surface area (Å²) in [5, 5.41) is 4.12. The van der Waals surface area contributed by atoms with Crippen molar-refractivity contribution in [2.24, 2.45) is 0 Å². The molecule has 0 unspecified atom stereocenters. The van der Waals surface area contributed by atoms with Crippen LogP contribution in [0.1, 0.15) is 73.7 Å². The van der Waals surface area contributed by atoms with Gasteiger partial charge in [-0.25, -0.2) is 0 Å². The molecule has 1 heterocycles. The van der Waals surface area contributed by atoms with E-state index in [2.05, 4.69) is 5.32 Å². The van der Waals surface area contributed by atoms with E-state index in [0.717, 1.165) is 55.4 Å². The second-order valence-corrected chi connectivity index (χ2v) is 11.3. The van der Waals surface area contributed by atoms with Crippen LogP contribution in [0.5, 0.6) is 0 Å². The fraction of sp³-hybridized carbons (Fsp3) is 0.481. The number of amides is 2. The number of carbonyl (C=O) groups is 2. The molecule has 4 nitrogen and oxygen atoms in total. The molecule has 0 spiro atoms. The Balaban J connectivity index is 1.58. The third kappa shape index (κ3) is 4.42. The van der Waals surface area contributed by atoms with Gasteiger partial charge in [0.15, 0.2) is 0 Å². The lowest BCUT2D eigenvalue weighted by Gasteiger charge is -2.49. The van der Waals surface area contributed by atoms with Gasteiger partial charge >= 0.3 is 0 Å². The number of benzene rings is 2. The van der Waals surface area contributed by atoms with Gasteiger partial charge in [-0.15, -0.1) is 11.8 Å². The molecule has 2 aromatic carbocycles. The van der Waals surface area contributed by atoms with Gasteiger partial charge in [0.2, 0.25) is 5.91 Å². The zero-order chi connectivity index (χ0) is 22.8. The number of thioether (sulfide) groups is 1. The number of halogens is 1. The highest BCUT2D eigenvalue weighted by molar-refractivity contribution is 8.00. The Morgan fingerprint density at radius 3 is 2.52 bits per heavy atom. The lowest BCUT2D eigenvalue weighted by atomic mass is 9.77. The van der Waals surface area contributed by atoms with E-state index in [1.165, 1.54) is 6.42 Å². The Morgan fingerprint density at radius 2 is 1.73 bits per heavy atom. The van der Waals surface area contributed by atoms with Gasteiger partial charge in [0.1, 0.15) is 5.54 Å². The van der Waals surface area contributed by atoms with Gasteiger partial charge in [0.25, 0.3) is 5.91 Å². The number of hydrogen-bond donors (Lipinski definition) is 1. The summed E-state index contributed by atoms with van der Waals surface area (Å²) in [6.07, 6.45) is 9.31. The number of rotatable bonds is 4. The lowest BCUT2D eigenvalue weighted by Crippen LogP contribution is -2.67. The minimum absolute atomic E-state index is 0.0368. The first kappa shape index (κ1) is 22.8. The summed E-state index contributed by atoms with van der Waals surface area (Å²) in [7, 11) is 0. The molecule has 0 aromatic heterocycles. The van der Waals surface area contributed by atoms with E-state index in [-0.39, 0.29) is 23.1 Å². The molecule has 0 bridgehead atoms. The van der Waals surface area contributed by atoms with Gasteiger partial charge in [0.05, 0.1) is 5.56 Å². The molecule has 174 valence electrons. The smallest absolute Gasteiger partial charge is 0.256 e. The van der Waals surface area contributed by atoms with E-state index >= 15 is 0 Å². The van der Waals surface area contributed by atoms with Crippen LogP contribution in [0.4, 0.5) is 0 Å². The Hall–Kier alpha value is -1.98. The number of nitrogens with one attached hydrogen (secondary N) is 1. The first-order valence-corrected chi connectivity index (χ1v) is 13.5. The zero-order valence-electron chi connectivity index (χ0n) is 18.9. The van der Waals surface area contributed by atoms with E-state index in [0.29, 0.717) is 23.6 Å². The van der Waals surface area contributed by atoms with Crippen molar-refractivity contribution < 1.29 is 9.59 Å². The molecule has 5 rings (SSSR count). The molecule has 2 aromatic rings. The van der Waals surface area contributed by atoms with Gasteiger partial charge < -0.3 is 10.2 Å². The number of nitrogens with zero attached hydrogens (tertiary/aromatic N) is 1. The summed E-state index contributed by atoms with van der Waals surface area (Å²) in [6.45, 7) is 0.402. The van der Waals surface area contributed by atoms with Crippen LogP contribution < -0.4 is 5.32 Å². The van der Waals surface area contributed by atoms with E-state index < -0.39 is 5.54 Å². The summed E-state index contributed by atoms with van der Waals surface area (Å²) in [5.74, 6) is -0.00189. The average Bonchev–Trinajstić information content (AvgIpc) is 2.94. The lowest BCUT2D eigenvalue weighted by molar-refractivity contribution is -0.135. The normalized spacial score (nSPS) is 25.7. The minimum atomic E-state index is -0.851. The molecule has 3 aliphatic rings. The molecular formula is C27H31ClN2O2S. The summed E-state index contributed by atoms with van der Waals surface area (Å²) in [5.41, 5.74) is 0.845. The molecule has 33 heavy (non-hydrogen) atoms. The van der Waals surface area contributed by atoms with Crippen molar-refractivity contribution in [1.29, 1.82) is 0 Å². The van der Waals surface area contributed by atoms with E-state index in [9.17, 15) is 9.59 Å². The monoisotopic (exact) mass is 482 g/mol. The average molecular weight is 483 g/mol. The number of hydrogen-bond acceptors (Lipinski definition) is 3. The molecule has 6 heteroatoms. The van der Waals surface area contributed by atoms with Crippen LogP contribution in [0, 0.1) is 0 Å². The van der Waals surface area contributed by atoms with Crippen molar-refractivity contribution in [3.8, 4) is 0 Å². The van der Waals surface area contributed by atoms with Gasteiger partial charge in [-0.3, -0.25) is 9.59 Å². The van der Waals surface area contributed by atoms with Crippen molar-refractivity contribution in [2.75, 3.05) is 0 Å². The maximum absolute atomic E-state index is 14.2. The maximum Gasteiger partial charge on any atom is 0.256 e. The zero-order valence-corrected chi connectivity index (χ0v) is 20.5. The third-order valence-corrected chi connectivity index (χ3v) is 9.28. The van der Waals surface area contributed by atoms with Crippen molar-refractivity contribution >= 4 is 35.2 Å². The molecule has 2 aliphatic carbocycles. The maximum atomic E-state index is 14.2. The fourth-order valence-corrected chi connectivity index (χ4v) is 7.44. The molecule has 0 radical (unpaired) electrons. The second kappa shape index (κ2) is 9.71. The van der Waals surface area contributed by atoms with Crippen LogP contribution in [0.2, 0.25) is 5.02 Å². The summed E-state index contributed by atoms with van der Waals surface area (Å²) in [6, 6.07) is 15.7. The minimum Gasteiger partial charge on any atom is -0.351 e. The van der Waals surface area contributed by atoms with Gasteiger partial charge in [-0.2, -0.15) is 0 Å². The Morgan fingerprint density at radius 1 is 1.00 bits per heavy atom. The molecule has 0 saturated heterocycles. The van der Waals surface area contributed by atoms with Gasteiger partial charge in [0, 0.05) is 27.8 Å². The Bertz CT molecular complexity index is 1020. The van der Waals surface area contributed by atoms with Crippen LogP contribution in [0.15, 0.2) is 53.4 Å². The van der Waals surface area contributed by atoms with Gasteiger partial charge in [-0.05, 0) is 55.5 Å². The highest BCUT2D eigenvalue weighted by Crippen LogP contribution is 2.48. The van der Waals surface area contributed by atoms with Crippen molar-refractivity contribution in [2.45, 2.75) is 86.1 Å². The van der Waals surface area contributed by atoms with Crippen LogP contribution in [0.25, 0.3) is 0 Å². The summed E-state index contributed by atoms with van der Waals surface area (Å²) in [4.78, 5) is 31.1. The largest absolute Gasteiger partial charge is 0.351 e. The third-order valence-electron chi connectivity index (χ3n) is 7.51. The predicted octanol–water partition coefficient (Wildman–Crippen LogP) is 6.22. The highest BCUT2D eigenvalue weighted by Gasteiger charge is 2.55. The molecule has 2 atom stereocenters. The van der Waals surface area contributed by atoms with E-state index in [4.69, 9.17) is 11.6 Å². The van der Waals surface area contributed by atoms with Gasteiger partial charge in [-0.1, -0.05) is 68.0 Å². The summed E-state index contributed by atoms with van der Waals surface area (Å²) >= 11 is 7.85. The second-order valence-electron chi connectivity index (χ2n) is 9.60.